The molecule has 0 atom stereocenters. The Labute approximate surface area is 147 Å². The van der Waals surface area contributed by atoms with Gasteiger partial charge in [-0.3, -0.25) is 4.79 Å². The Kier molecular flexibility index (Phi) is 4.88. The number of carbonyl (C=O) groups excluding carboxylic acids is 1. The summed E-state index contributed by atoms with van der Waals surface area (Å²) in [5.41, 5.74) is 1.63. The molecular formula is C19H14F3N3O. The Hall–Kier alpha value is -3.35. The van der Waals surface area contributed by atoms with Gasteiger partial charge in [-0.05, 0) is 42.8 Å². The molecule has 0 saturated heterocycles. The van der Waals surface area contributed by atoms with E-state index >= 15 is 0 Å². The van der Waals surface area contributed by atoms with Crippen LogP contribution in [0.5, 0.6) is 0 Å². The maximum atomic E-state index is 13.7. The summed E-state index contributed by atoms with van der Waals surface area (Å²) >= 11 is 0. The number of pyridine rings is 1. The first-order valence-electron chi connectivity index (χ1n) is 7.69. The SMILES string of the molecule is Cc1ccccc1Nc1ccc(NC(=O)c2ccc(F)c(F)c2F)cn1. The van der Waals surface area contributed by atoms with E-state index in [2.05, 4.69) is 15.6 Å². The van der Waals surface area contributed by atoms with Crippen molar-refractivity contribution in [3.8, 4) is 0 Å². The van der Waals surface area contributed by atoms with Gasteiger partial charge in [0.25, 0.3) is 5.91 Å². The summed E-state index contributed by atoms with van der Waals surface area (Å²) < 4.78 is 39.8. The van der Waals surface area contributed by atoms with Gasteiger partial charge < -0.3 is 10.6 Å². The number of nitrogens with zero attached hydrogens (tertiary/aromatic N) is 1. The summed E-state index contributed by atoms with van der Waals surface area (Å²) in [6.07, 6.45) is 1.37. The lowest BCUT2D eigenvalue weighted by Crippen LogP contribution is -2.15. The smallest absolute Gasteiger partial charge is 0.258 e. The van der Waals surface area contributed by atoms with Crippen LogP contribution in [-0.2, 0) is 0 Å². The molecule has 0 radical (unpaired) electrons. The molecule has 0 aliphatic rings. The predicted molar refractivity (Wildman–Crippen MR) is 93.0 cm³/mol. The molecule has 0 spiro atoms. The molecule has 3 rings (SSSR count). The fraction of sp³-hybridized carbons (Fsp3) is 0.0526. The summed E-state index contributed by atoms with van der Waals surface area (Å²) in [6, 6.07) is 12.4. The number of aromatic nitrogens is 1. The van der Waals surface area contributed by atoms with Gasteiger partial charge in [-0.2, -0.15) is 0 Å². The Balaban J connectivity index is 1.72. The molecule has 1 aromatic heterocycles. The second kappa shape index (κ2) is 7.26. The predicted octanol–water partition coefficient (Wildman–Crippen LogP) is 4.80. The lowest BCUT2D eigenvalue weighted by atomic mass is 10.2. The van der Waals surface area contributed by atoms with E-state index in [9.17, 15) is 18.0 Å². The first kappa shape index (κ1) is 17.5. The van der Waals surface area contributed by atoms with Crippen LogP contribution in [-0.4, -0.2) is 10.9 Å². The van der Waals surface area contributed by atoms with Crippen molar-refractivity contribution in [1.82, 2.24) is 4.98 Å². The number of hydrogen-bond donors (Lipinski definition) is 2. The summed E-state index contributed by atoms with van der Waals surface area (Å²) in [4.78, 5) is 16.2. The van der Waals surface area contributed by atoms with E-state index in [0.717, 1.165) is 17.3 Å². The van der Waals surface area contributed by atoms with Crippen LogP contribution in [0.3, 0.4) is 0 Å². The van der Waals surface area contributed by atoms with E-state index in [0.29, 0.717) is 11.9 Å². The Morgan fingerprint density at radius 3 is 2.42 bits per heavy atom. The van der Waals surface area contributed by atoms with Crippen LogP contribution >= 0.6 is 0 Å². The average Bonchev–Trinajstić information content (AvgIpc) is 2.63. The van der Waals surface area contributed by atoms with Gasteiger partial charge in [-0.15, -0.1) is 0 Å². The first-order chi connectivity index (χ1) is 12.5. The van der Waals surface area contributed by atoms with Gasteiger partial charge in [0.05, 0.1) is 17.4 Å². The van der Waals surface area contributed by atoms with Gasteiger partial charge in [0.1, 0.15) is 5.82 Å². The van der Waals surface area contributed by atoms with Crippen LogP contribution in [0.15, 0.2) is 54.7 Å². The van der Waals surface area contributed by atoms with Gasteiger partial charge in [0, 0.05) is 5.69 Å². The maximum Gasteiger partial charge on any atom is 0.258 e. The molecule has 1 heterocycles. The lowest BCUT2D eigenvalue weighted by Gasteiger charge is -2.10. The molecule has 0 unspecified atom stereocenters. The molecule has 0 aliphatic carbocycles. The lowest BCUT2D eigenvalue weighted by molar-refractivity contribution is 0.102. The molecule has 0 saturated carbocycles. The van der Waals surface area contributed by atoms with Gasteiger partial charge >= 0.3 is 0 Å². The van der Waals surface area contributed by atoms with Crippen molar-refractivity contribution in [2.45, 2.75) is 6.92 Å². The Bertz CT molecular complexity index is 959. The molecule has 132 valence electrons. The van der Waals surface area contributed by atoms with Crippen molar-refractivity contribution in [2.24, 2.45) is 0 Å². The fourth-order valence-corrected chi connectivity index (χ4v) is 2.29. The number of carbonyl (C=O) groups is 1. The van der Waals surface area contributed by atoms with E-state index in [-0.39, 0.29) is 5.69 Å². The maximum absolute atomic E-state index is 13.7. The van der Waals surface area contributed by atoms with Crippen LogP contribution in [0.2, 0.25) is 0 Å². The number of hydrogen-bond acceptors (Lipinski definition) is 3. The average molecular weight is 357 g/mol. The highest BCUT2D eigenvalue weighted by Crippen LogP contribution is 2.20. The molecule has 0 fully saturated rings. The minimum Gasteiger partial charge on any atom is -0.340 e. The van der Waals surface area contributed by atoms with Crippen molar-refractivity contribution in [3.05, 3.63) is 83.3 Å². The zero-order valence-electron chi connectivity index (χ0n) is 13.7. The normalized spacial score (nSPS) is 10.5. The van der Waals surface area contributed by atoms with Crippen molar-refractivity contribution in [1.29, 1.82) is 0 Å². The number of amides is 1. The highest BCUT2D eigenvalue weighted by Gasteiger charge is 2.18. The number of anilines is 3. The van der Waals surface area contributed by atoms with Crippen LogP contribution < -0.4 is 10.6 Å². The molecule has 0 bridgehead atoms. The monoisotopic (exact) mass is 357 g/mol. The number of rotatable bonds is 4. The quantitative estimate of drug-likeness (QED) is 0.659. The van der Waals surface area contributed by atoms with Crippen molar-refractivity contribution >= 4 is 23.1 Å². The molecule has 2 aromatic carbocycles. The minimum absolute atomic E-state index is 0.287. The van der Waals surface area contributed by atoms with Crippen LogP contribution in [0, 0.1) is 24.4 Å². The van der Waals surface area contributed by atoms with E-state index in [4.69, 9.17) is 0 Å². The highest BCUT2D eigenvalue weighted by molar-refractivity contribution is 6.04. The van der Waals surface area contributed by atoms with E-state index in [1.54, 1.807) is 12.1 Å². The molecule has 7 heteroatoms. The standard InChI is InChI=1S/C19H14F3N3O/c1-11-4-2-3-5-15(11)25-16-9-6-12(10-23-16)24-19(26)13-7-8-14(20)18(22)17(13)21/h2-10H,1H3,(H,23,25)(H,24,26). The number of halogens is 3. The highest BCUT2D eigenvalue weighted by atomic mass is 19.2. The third kappa shape index (κ3) is 3.66. The third-order valence-electron chi connectivity index (χ3n) is 3.71. The fourth-order valence-electron chi connectivity index (χ4n) is 2.29. The van der Waals surface area contributed by atoms with E-state index < -0.39 is 28.9 Å². The summed E-state index contributed by atoms with van der Waals surface area (Å²) in [7, 11) is 0. The first-order valence-corrected chi connectivity index (χ1v) is 7.69. The number of para-hydroxylation sites is 1. The van der Waals surface area contributed by atoms with Crippen molar-refractivity contribution in [2.75, 3.05) is 10.6 Å². The summed E-state index contributed by atoms with van der Waals surface area (Å²) in [6.45, 7) is 1.95. The molecular weight excluding hydrogens is 343 g/mol. The summed E-state index contributed by atoms with van der Waals surface area (Å²) in [5, 5.41) is 5.52. The van der Waals surface area contributed by atoms with Crippen molar-refractivity contribution in [3.63, 3.8) is 0 Å². The molecule has 2 N–H and O–H groups in total. The largest absolute Gasteiger partial charge is 0.340 e. The topological polar surface area (TPSA) is 54.0 Å². The van der Waals surface area contributed by atoms with Crippen molar-refractivity contribution < 1.29 is 18.0 Å². The molecule has 26 heavy (non-hydrogen) atoms. The number of nitrogens with one attached hydrogen (secondary N) is 2. The molecule has 3 aromatic rings. The number of aryl methyl sites for hydroxylation is 1. The number of benzene rings is 2. The van der Waals surface area contributed by atoms with Gasteiger partial charge in [-0.1, -0.05) is 18.2 Å². The third-order valence-corrected chi connectivity index (χ3v) is 3.71. The van der Waals surface area contributed by atoms with E-state index in [1.807, 2.05) is 31.2 Å². The molecule has 1 amide bonds. The summed E-state index contributed by atoms with van der Waals surface area (Å²) in [5.74, 6) is -4.92. The Morgan fingerprint density at radius 2 is 1.73 bits per heavy atom. The molecule has 4 nitrogen and oxygen atoms in total. The van der Waals surface area contributed by atoms with Crippen LogP contribution in [0.25, 0.3) is 0 Å². The zero-order valence-corrected chi connectivity index (χ0v) is 13.7. The second-order valence-electron chi connectivity index (χ2n) is 5.55. The van der Waals surface area contributed by atoms with Crippen LogP contribution in [0.4, 0.5) is 30.4 Å². The minimum atomic E-state index is -1.69. The van der Waals surface area contributed by atoms with Crippen LogP contribution in [0.1, 0.15) is 15.9 Å². The Morgan fingerprint density at radius 1 is 0.962 bits per heavy atom. The van der Waals surface area contributed by atoms with Gasteiger partial charge in [0.2, 0.25) is 0 Å². The zero-order chi connectivity index (χ0) is 18.7. The van der Waals surface area contributed by atoms with Gasteiger partial charge in [0.15, 0.2) is 17.5 Å². The van der Waals surface area contributed by atoms with E-state index in [1.165, 1.54) is 6.20 Å². The molecule has 0 aliphatic heterocycles. The second-order valence-corrected chi connectivity index (χ2v) is 5.55. The van der Waals surface area contributed by atoms with Gasteiger partial charge in [-0.25, -0.2) is 18.2 Å².